The second kappa shape index (κ2) is 5.16. The van der Waals surface area contributed by atoms with Gasteiger partial charge in [0.05, 0.1) is 5.69 Å². The summed E-state index contributed by atoms with van der Waals surface area (Å²) in [5, 5.41) is 5.68. The van der Waals surface area contributed by atoms with Crippen molar-refractivity contribution in [1.82, 2.24) is 15.2 Å². The molecule has 0 spiro atoms. The molecule has 4 N–H and O–H groups in total. The zero-order chi connectivity index (χ0) is 13.9. The SMILES string of the molecule is NCc1ccc(S(=O)(=O)Nc2ccc(=O)[nH]n2)cn1. The second-order valence-corrected chi connectivity index (χ2v) is 5.28. The summed E-state index contributed by atoms with van der Waals surface area (Å²) in [7, 11) is -3.79. The van der Waals surface area contributed by atoms with Crippen LogP contribution in [0.3, 0.4) is 0 Å². The topological polar surface area (TPSA) is 131 Å². The van der Waals surface area contributed by atoms with Gasteiger partial charge in [0.1, 0.15) is 4.90 Å². The molecule has 0 aliphatic carbocycles. The Balaban J connectivity index is 2.26. The first-order valence-corrected chi connectivity index (χ1v) is 6.73. The fraction of sp³-hybridized carbons (Fsp3) is 0.100. The number of hydrogen-bond acceptors (Lipinski definition) is 6. The van der Waals surface area contributed by atoms with E-state index in [-0.39, 0.29) is 17.3 Å². The van der Waals surface area contributed by atoms with Crippen LogP contribution in [-0.2, 0) is 16.6 Å². The Labute approximate surface area is 108 Å². The number of nitrogens with two attached hydrogens (primary N) is 1. The average molecular weight is 281 g/mol. The van der Waals surface area contributed by atoms with E-state index in [0.717, 1.165) is 0 Å². The van der Waals surface area contributed by atoms with Gasteiger partial charge < -0.3 is 5.73 Å². The number of pyridine rings is 1. The zero-order valence-corrected chi connectivity index (χ0v) is 10.5. The Morgan fingerprint density at radius 1 is 1.26 bits per heavy atom. The maximum absolute atomic E-state index is 12.0. The lowest BCUT2D eigenvalue weighted by Gasteiger charge is -2.06. The Morgan fingerprint density at radius 2 is 2.05 bits per heavy atom. The van der Waals surface area contributed by atoms with E-state index in [1.54, 1.807) is 0 Å². The highest BCUT2D eigenvalue weighted by Gasteiger charge is 2.15. The van der Waals surface area contributed by atoms with Crippen LogP contribution in [0.2, 0.25) is 0 Å². The summed E-state index contributed by atoms with van der Waals surface area (Å²) < 4.78 is 26.2. The van der Waals surface area contributed by atoms with Crippen LogP contribution >= 0.6 is 0 Å². The molecule has 2 heterocycles. The van der Waals surface area contributed by atoms with Crippen molar-refractivity contribution in [3.63, 3.8) is 0 Å². The average Bonchev–Trinajstić information content (AvgIpc) is 2.41. The van der Waals surface area contributed by atoms with Crippen LogP contribution < -0.4 is 16.0 Å². The van der Waals surface area contributed by atoms with Gasteiger partial charge in [0.15, 0.2) is 5.82 Å². The molecule has 0 aliphatic heterocycles. The number of aromatic amines is 1. The summed E-state index contributed by atoms with van der Waals surface area (Å²) in [6, 6.07) is 5.34. The molecule has 0 bridgehead atoms. The summed E-state index contributed by atoms with van der Waals surface area (Å²) >= 11 is 0. The zero-order valence-electron chi connectivity index (χ0n) is 9.70. The van der Waals surface area contributed by atoms with E-state index in [2.05, 4.69) is 19.9 Å². The fourth-order valence-corrected chi connectivity index (χ4v) is 2.23. The largest absolute Gasteiger partial charge is 0.325 e. The lowest BCUT2D eigenvalue weighted by Crippen LogP contribution is -2.16. The van der Waals surface area contributed by atoms with Crippen LogP contribution in [0.4, 0.5) is 5.82 Å². The van der Waals surface area contributed by atoms with Gasteiger partial charge in [-0.25, -0.2) is 13.5 Å². The van der Waals surface area contributed by atoms with Gasteiger partial charge in [-0.3, -0.25) is 14.5 Å². The van der Waals surface area contributed by atoms with E-state index in [0.29, 0.717) is 5.69 Å². The van der Waals surface area contributed by atoms with Crippen molar-refractivity contribution in [3.05, 3.63) is 46.5 Å². The van der Waals surface area contributed by atoms with Gasteiger partial charge >= 0.3 is 0 Å². The number of H-pyrrole nitrogens is 1. The van der Waals surface area contributed by atoms with Crippen molar-refractivity contribution in [2.75, 3.05) is 4.72 Å². The molecule has 0 aliphatic rings. The van der Waals surface area contributed by atoms with Gasteiger partial charge in [-0.05, 0) is 18.2 Å². The number of nitrogens with one attached hydrogen (secondary N) is 2. The Kier molecular flexibility index (Phi) is 3.58. The van der Waals surface area contributed by atoms with Crippen LogP contribution in [0.15, 0.2) is 40.2 Å². The van der Waals surface area contributed by atoms with Crippen LogP contribution in [-0.4, -0.2) is 23.6 Å². The quantitative estimate of drug-likeness (QED) is 0.687. The summed E-state index contributed by atoms with van der Waals surface area (Å²) in [6.45, 7) is 0.231. The normalized spacial score (nSPS) is 11.2. The number of rotatable bonds is 4. The molecule has 0 aromatic carbocycles. The van der Waals surface area contributed by atoms with Crippen molar-refractivity contribution in [2.24, 2.45) is 5.73 Å². The lowest BCUT2D eigenvalue weighted by atomic mass is 10.4. The summed E-state index contributed by atoms with van der Waals surface area (Å²) in [6.07, 6.45) is 1.20. The molecule has 0 amide bonds. The highest BCUT2D eigenvalue weighted by molar-refractivity contribution is 7.92. The number of anilines is 1. The molecule has 8 nitrogen and oxygen atoms in total. The molecule has 19 heavy (non-hydrogen) atoms. The van der Waals surface area contributed by atoms with Crippen molar-refractivity contribution in [3.8, 4) is 0 Å². The van der Waals surface area contributed by atoms with Crippen molar-refractivity contribution >= 4 is 15.8 Å². The molecule has 2 aromatic heterocycles. The molecule has 0 fully saturated rings. The number of aromatic nitrogens is 3. The van der Waals surface area contributed by atoms with Gasteiger partial charge in [-0.15, -0.1) is 0 Å². The molecule has 100 valence electrons. The third-order valence-electron chi connectivity index (χ3n) is 2.24. The van der Waals surface area contributed by atoms with Crippen LogP contribution in [0.25, 0.3) is 0 Å². The number of sulfonamides is 1. The molecular formula is C10H11N5O3S. The monoisotopic (exact) mass is 281 g/mol. The van der Waals surface area contributed by atoms with Crippen molar-refractivity contribution < 1.29 is 8.42 Å². The maximum Gasteiger partial charge on any atom is 0.264 e. The van der Waals surface area contributed by atoms with Gasteiger partial charge in [-0.2, -0.15) is 5.10 Å². The first kappa shape index (κ1) is 13.2. The molecule has 9 heteroatoms. The van der Waals surface area contributed by atoms with Crippen LogP contribution in [0, 0.1) is 0 Å². The molecule has 2 rings (SSSR count). The Morgan fingerprint density at radius 3 is 2.58 bits per heavy atom. The van der Waals surface area contributed by atoms with E-state index < -0.39 is 15.6 Å². The minimum absolute atomic E-state index is 0.0160. The third-order valence-corrected chi connectivity index (χ3v) is 3.58. The highest BCUT2D eigenvalue weighted by atomic mass is 32.2. The second-order valence-electron chi connectivity index (χ2n) is 3.60. The fourth-order valence-electron chi connectivity index (χ4n) is 1.29. The minimum atomic E-state index is -3.79. The van der Waals surface area contributed by atoms with E-state index >= 15 is 0 Å². The summed E-state index contributed by atoms with van der Waals surface area (Å²) in [5.41, 5.74) is 5.54. The Bertz CT molecular complexity index is 703. The van der Waals surface area contributed by atoms with Gasteiger partial charge in [0.25, 0.3) is 15.6 Å². The van der Waals surface area contributed by atoms with E-state index in [9.17, 15) is 13.2 Å². The first-order chi connectivity index (χ1) is 9.01. The van der Waals surface area contributed by atoms with E-state index in [1.165, 1.54) is 30.5 Å². The smallest absolute Gasteiger partial charge is 0.264 e. The molecule has 2 aromatic rings. The standard InChI is InChI=1S/C10H11N5O3S/c11-5-7-1-2-8(6-12-7)19(17,18)15-9-3-4-10(16)14-13-9/h1-4,6H,5,11H2,(H,13,15)(H,14,16). The van der Waals surface area contributed by atoms with Crippen molar-refractivity contribution in [1.29, 1.82) is 0 Å². The predicted octanol–water partition coefficient (Wildman–Crippen LogP) is -0.576. The van der Waals surface area contributed by atoms with Gasteiger partial charge in [-0.1, -0.05) is 0 Å². The third kappa shape index (κ3) is 3.14. The molecular weight excluding hydrogens is 270 g/mol. The highest BCUT2D eigenvalue weighted by Crippen LogP contribution is 2.12. The summed E-state index contributed by atoms with van der Waals surface area (Å²) in [5.74, 6) is 0.0162. The van der Waals surface area contributed by atoms with Crippen LogP contribution in [0.5, 0.6) is 0 Å². The van der Waals surface area contributed by atoms with Gasteiger partial charge in [0, 0.05) is 18.8 Å². The number of nitrogens with zero attached hydrogens (tertiary/aromatic N) is 2. The molecule has 0 radical (unpaired) electrons. The number of hydrogen-bond donors (Lipinski definition) is 3. The van der Waals surface area contributed by atoms with Gasteiger partial charge in [0.2, 0.25) is 0 Å². The molecule has 0 atom stereocenters. The first-order valence-electron chi connectivity index (χ1n) is 5.25. The van der Waals surface area contributed by atoms with Crippen LogP contribution in [0.1, 0.15) is 5.69 Å². The lowest BCUT2D eigenvalue weighted by molar-refractivity contribution is 0.600. The minimum Gasteiger partial charge on any atom is -0.325 e. The molecule has 0 saturated carbocycles. The Hall–Kier alpha value is -2.26. The molecule has 0 saturated heterocycles. The maximum atomic E-state index is 12.0. The molecule has 0 unspecified atom stereocenters. The van der Waals surface area contributed by atoms with E-state index in [1.807, 2.05) is 0 Å². The predicted molar refractivity (Wildman–Crippen MR) is 67.8 cm³/mol. The summed E-state index contributed by atoms with van der Waals surface area (Å²) in [4.78, 5) is 14.7. The van der Waals surface area contributed by atoms with Crippen molar-refractivity contribution in [2.45, 2.75) is 11.4 Å². The van der Waals surface area contributed by atoms with E-state index in [4.69, 9.17) is 5.73 Å².